The smallest absolute Gasteiger partial charge is 0.206 e. The predicted molar refractivity (Wildman–Crippen MR) is 79.3 cm³/mol. The first-order chi connectivity index (χ1) is 9.10. The third-order valence-electron chi connectivity index (χ3n) is 3.10. The molecule has 0 radical (unpaired) electrons. The topological polar surface area (TPSA) is 61.7 Å². The van der Waals surface area contributed by atoms with E-state index in [1.165, 1.54) is 0 Å². The maximum Gasteiger partial charge on any atom is 0.206 e. The highest BCUT2D eigenvalue weighted by Crippen LogP contribution is 2.27. The number of anilines is 1. The molecule has 0 bridgehead atoms. The van der Waals surface area contributed by atoms with Crippen molar-refractivity contribution in [3.63, 3.8) is 0 Å². The van der Waals surface area contributed by atoms with Crippen LogP contribution in [0.3, 0.4) is 0 Å². The van der Waals surface area contributed by atoms with Crippen LogP contribution in [-0.2, 0) is 13.5 Å². The number of hydrogen-bond donors (Lipinski definition) is 1. The minimum absolute atomic E-state index is 0.482. The summed E-state index contributed by atoms with van der Waals surface area (Å²) in [4.78, 5) is 4.41. The largest absolute Gasteiger partial charge is 0.369 e. The number of benzene rings is 1. The third-order valence-corrected chi connectivity index (χ3v) is 3.59. The van der Waals surface area contributed by atoms with E-state index >= 15 is 0 Å². The Morgan fingerprint density at radius 2 is 2.16 bits per heavy atom. The van der Waals surface area contributed by atoms with Crippen molar-refractivity contribution in [2.45, 2.75) is 13.3 Å². The Kier molecular flexibility index (Phi) is 2.82. The van der Waals surface area contributed by atoms with Gasteiger partial charge in [0.2, 0.25) is 5.95 Å². The number of nitrogens with two attached hydrogens (primary N) is 1. The maximum atomic E-state index is 6.07. The first-order valence-electron chi connectivity index (χ1n) is 6.06. The standard InChI is InChI=1S/C13H14BrN5/c1-3-9-12(7-18(2)17-9)19-11-5-4-8(14)6-10(11)16-13(19)15/h4-7H,3H2,1-2H3,(H2,15,16). The van der Waals surface area contributed by atoms with Gasteiger partial charge in [-0.25, -0.2) is 4.98 Å². The van der Waals surface area contributed by atoms with Gasteiger partial charge in [-0.2, -0.15) is 5.10 Å². The Bertz CT molecular complexity index is 756. The summed E-state index contributed by atoms with van der Waals surface area (Å²) in [7, 11) is 1.91. The molecule has 5 nitrogen and oxygen atoms in total. The van der Waals surface area contributed by atoms with Gasteiger partial charge in [-0.15, -0.1) is 0 Å². The Morgan fingerprint density at radius 3 is 2.89 bits per heavy atom. The maximum absolute atomic E-state index is 6.07. The third kappa shape index (κ3) is 1.92. The number of nitrogens with zero attached hydrogens (tertiary/aromatic N) is 4. The average molecular weight is 320 g/mol. The van der Waals surface area contributed by atoms with Crippen LogP contribution in [0.25, 0.3) is 16.7 Å². The van der Waals surface area contributed by atoms with Crippen molar-refractivity contribution in [1.29, 1.82) is 0 Å². The van der Waals surface area contributed by atoms with Gasteiger partial charge < -0.3 is 5.73 Å². The van der Waals surface area contributed by atoms with Crippen LogP contribution >= 0.6 is 15.9 Å². The van der Waals surface area contributed by atoms with Crippen molar-refractivity contribution in [3.8, 4) is 5.69 Å². The first kappa shape index (κ1) is 12.2. The molecule has 19 heavy (non-hydrogen) atoms. The average Bonchev–Trinajstić information content (AvgIpc) is 2.87. The van der Waals surface area contributed by atoms with Crippen LogP contribution in [0.5, 0.6) is 0 Å². The van der Waals surface area contributed by atoms with Gasteiger partial charge >= 0.3 is 0 Å². The van der Waals surface area contributed by atoms with Crippen molar-refractivity contribution in [2.75, 3.05) is 5.73 Å². The van der Waals surface area contributed by atoms with Crippen molar-refractivity contribution < 1.29 is 0 Å². The molecule has 3 rings (SSSR count). The molecule has 0 aliphatic carbocycles. The van der Waals surface area contributed by atoms with Gasteiger partial charge in [0.15, 0.2) is 0 Å². The van der Waals surface area contributed by atoms with Gasteiger partial charge in [0, 0.05) is 17.7 Å². The molecule has 2 heterocycles. The highest BCUT2D eigenvalue weighted by Gasteiger charge is 2.15. The lowest BCUT2D eigenvalue weighted by Crippen LogP contribution is -2.02. The molecule has 0 aliphatic heterocycles. The summed E-state index contributed by atoms with van der Waals surface area (Å²) >= 11 is 3.45. The lowest BCUT2D eigenvalue weighted by molar-refractivity contribution is 0.746. The molecule has 0 atom stereocenters. The molecule has 0 amide bonds. The normalized spacial score (nSPS) is 11.3. The number of rotatable bonds is 2. The Balaban J connectivity index is 2.32. The first-order valence-corrected chi connectivity index (χ1v) is 6.86. The number of nitrogen functional groups attached to an aromatic ring is 1. The van der Waals surface area contributed by atoms with Crippen LogP contribution in [0.2, 0.25) is 0 Å². The fourth-order valence-corrected chi connectivity index (χ4v) is 2.63. The Hall–Kier alpha value is -1.82. The van der Waals surface area contributed by atoms with E-state index in [0.717, 1.165) is 33.3 Å². The molecular weight excluding hydrogens is 306 g/mol. The summed E-state index contributed by atoms with van der Waals surface area (Å²) in [5, 5.41) is 4.45. The van der Waals surface area contributed by atoms with Crippen molar-refractivity contribution in [3.05, 3.63) is 34.6 Å². The second kappa shape index (κ2) is 4.38. The fourth-order valence-electron chi connectivity index (χ4n) is 2.29. The highest BCUT2D eigenvalue weighted by atomic mass is 79.9. The SMILES string of the molecule is CCc1nn(C)cc1-n1c(N)nc2cc(Br)ccc21. The van der Waals surface area contributed by atoms with E-state index < -0.39 is 0 Å². The van der Waals surface area contributed by atoms with Gasteiger partial charge in [-0.1, -0.05) is 22.9 Å². The minimum atomic E-state index is 0.482. The molecular formula is C13H14BrN5. The summed E-state index contributed by atoms with van der Waals surface area (Å²) < 4.78 is 4.75. The number of aryl methyl sites for hydroxylation is 2. The number of halogens is 1. The molecule has 1 aromatic carbocycles. The van der Waals surface area contributed by atoms with E-state index in [1.54, 1.807) is 4.68 Å². The zero-order valence-corrected chi connectivity index (χ0v) is 12.3. The van der Waals surface area contributed by atoms with E-state index in [-0.39, 0.29) is 0 Å². The molecule has 0 saturated heterocycles. The monoisotopic (exact) mass is 319 g/mol. The summed E-state index contributed by atoms with van der Waals surface area (Å²) in [5.41, 5.74) is 9.93. The fraction of sp³-hybridized carbons (Fsp3) is 0.231. The highest BCUT2D eigenvalue weighted by molar-refractivity contribution is 9.10. The van der Waals surface area contributed by atoms with E-state index in [1.807, 2.05) is 36.0 Å². The van der Waals surface area contributed by atoms with Crippen LogP contribution in [0, 0.1) is 0 Å². The molecule has 0 fully saturated rings. The summed E-state index contributed by atoms with van der Waals surface area (Å²) in [6.07, 6.45) is 2.82. The van der Waals surface area contributed by atoms with Crippen molar-refractivity contribution in [1.82, 2.24) is 19.3 Å². The number of imidazole rings is 1. The zero-order chi connectivity index (χ0) is 13.6. The van der Waals surface area contributed by atoms with Crippen LogP contribution < -0.4 is 5.73 Å². The lowest BCUT2D eigenvalue weighted by Gasteiger charge is -2.05. The number of hydrogen-bond acceptors (Lipinski definition) is 3. The van der Waals surface area contributed by atoms with Gasteiger partial charge in [0.25, 0.3) is 0 Å². The van der Waals surface area contributed by atoms with Crippen LogP contribution in [0.1, 0.15) is 12.6 Å². The van der Waals surface area contributed by atoms with Crippen LogP contribution in [-0.4, -0.2) is 19.3 Å². The zero-order valence-electron chi connectivity index (χ0n) is 10.8. The van der Waals surface area contributed by atoms with Gasteiger partial charge in [-0.3, -0.25) is 9.25 Å². The second-order valence-corrected chi connectivity index (χ2v) is 5.34. The second-order valence-electron chi connectivity index (χ2n) is 4.43. The minimum Gasteiger partial charge on any atom is -0.369 e. The molecule has 3 aromatic rings. The molecule has 6 heteroatoms. The Morgan fingerprint density at radius 1 is 1.37 bits per heavy atom. The quantitative estimate of drug-likeness (QED) is 0.790. The lowest BCUT2D eigenvalue weighted by atomic mass is 10.2. The van der Waals surface area contributed by atoms with E-state index in [9.17, 15) is 0 Å². The number of aromatic nitrogens is 4. The predicted octanol–water partition coefficient (Wildman–Crippen LogP) is 2.67. The van der Waals surface area contributed by atoms with E-state index in [4.69, 9.17) is 5.73 Å². The summed E-state index contributed by atoms with van der Waals surface area (Å²) in [6, 6.07) is 5.96. The van der Waals surface area contributed by atoms with Gasteiger partial charge in [0.05, 0.1) is 22.4 Å². The van der Waals surface area contributed by atoms with Crippen LogP contribution in [0.4, 0.5) is 5.95 Å². The van der Waals surface area contributed by atoms with E-state index in [2.05, 4.69) is 32.9 Å². The van der Waals surface area contributed by atoms with Gasteiger partial charge in [-0.05, 0) is 24.6 Å². The molecule has 2 aromatic heterocycles. The molecule has 98 valence electrons. The van der Waals surface area contributed by atoms with E-state index in [0.29, 0.717) is 5.95 Å². The van der Waals surface area contributed by atoms with Gasteiger partial charge in [0.1, 0.15) is 0 Å². The molecule has 0 unspecified atom stereocenters. The molecule has 0 saturated carbocycles. The molecule has 0 aliphatic rings. The van der Waals surface area contributed by atoms with Crippen LogP contribution in [0.15, 0.2) is 28.9 Å². The van der Waals surface area contributed by atoms with Crippen molar-refractivity contribution >= 4 is 32.9 Å². The number of fused-ring (bicyclic) bond motifs is 1. The molecule has 2 N–H and O–H groups in total. The summed E-state index contributed by atoms with van der Waals surface area (Å²) in [5.74, 6) is 0.482. The summed E-state index contributed by atoms with van der Waals surface area (Å²) in [6.45, 7) is 2.08. The molecule has 0 spiro atoms. The van der Waals surface area contributed by atoms with Crippen molar-refractivity contribution in [2.24, 2.45) is 7.05 Å². The Labute approximate surface area is 119 Å².